The summed E-state index contributed by atoms with van der Waals surface area (Å²) in [6.07, 6.45) is 2.35. The molecule has 1 saturated heterocycles. The van der Waals surface area contributed by atoms with Gasteiger partial charge in [0.05, 0.1) is 6.04 Å². The number of hydrogen-bond donors (Lipinski definition) is 0. The SMILES string of the molecule is C=CC[C@H](Cc1ccccc1)N1C(=O)COC1=O. The van der Waals surface area contributed by atoms with E-state index >= 15 is 0 Å². The molecule has 1 fully saturated rings. The number of carbonyl (C=O) groups is 2. The maximum atomic E-state index is 11.6. The summed E-state index contributed by atoms with van der Waals surface area (Å²) < 4.78 is 4.75. The number of hydrogen-bond acceptors (Lipinski definition) is 3. The van der Waals surface area contributed by atoms with Crippen LogP contribution in [0.5, 0.6) is 0 Å². The van der Waals surface area contributed by atoms with E-state index in [1.165, 1.54) is 4.90 Å². The van der Waals surface area contributed by atoms with Crippen molar-refractivity contribution in [1.82, 2.24) is 4.90 Å². The summed E-state index contributed by atoms with van der Waals surface area (Å²) in [6, 6.07) is 9.53. The normalized spacial score (nSPS) is 16.6. The van der Waals surface area contributed by atoms with Gasteiger partial charge in [-0.2, -0.15) is 0 Å². The summed E-state index contributed by atoms with van der Waals surface area (Å²) in [4.78, 5) is 24.4. The number of nitrogens with zero attached hydrogens (tertiary/aromatic N) is 1. The number of carbonyl (C=O) groups excluding carboxylic acids is 2. The van der Waals surface area contributed by atoms with Gasteiger partial charge in [0.15, 0.2) is 6.61 Å². The Hall–Kier alpha value is -2.10. The van der Waals surface area contributed by atoms with Crippen molar-refractivity contribution >= 4 is 12.0 Å². The molecule has 0 aromatic heterocycles. The van der Waals surface area contributed by atoms with Gasteiger partial charge in [-0.15, -0.1) is 6.58 Å². The number of benzene rings is 1. The molecule has 0 spiro atoms. The Balaban J connectivity index is 2.15. The lowest BCUT2D eigenvalue weighted by atomic mass is 10.0. The van der Waals surface area contributed by atoms with Crippen LogP contribution in [-0.4, -0.2) is 29.5 Å². The number of ether oxygens (including phenoxy) is 1. The van der Waals surface area contributed by atoms with Crippen LogP contribution in [0, 0.1) is 0 Å². The summed E-state index contributed by atoms with van der Waals surface area (Å²) in [5, 5.41) is 0. The standard InChI is InChI=1S/C14H15NO3/c1-2-6-12(9-11-7-4-3-5-8-11)15-13(16)10-18-14(15)17/h2-5,7-8,12H,1,6,9-10H2/t12-/m1/s1. The van der Waals surface area contributed by atoms with Crippen LogP contribution >= 0.6 is 0 Å². The molecule has 1 aliphatic rings. The van der Waals surface area contributed by atoms with Gasteiger partial charge >= 0.3 is 6.09 Å². The predicted octanol–water partition coefficient (Wildman–Crippen LogP) is 2.15. The molecule has 0 bridgehead atoms. The fourth-order valence-electron chi connectivity index (χ4n) is 2.08. The van der Waals surface area contributed by atoms with Gasteiger partial charge in [-0.05, 0) is 18.4 Å². The van der Waals surface area contributed by atoms with Gasteiger partial charge in [0.1, 0.15) is 0 Å². The molecule has 1 atom stereocenters. The monoisotopic (exact) mass is 245 g/mol. The lowest BCUT2D eigenvalue weighted by Crippen LogP contribution is -2.40. The zero-order chi connectivity index (χ0) is 13.0. The van der Waals surface area contributed by atoms with Crippen molar-refractivity contribution in [2.24, 2.45) is 0 Å². The van der Waals surface area contributed by atoms with Crippen LogP contribution in [0.25, 0.3) is 0 Å². The largest absolute Gasteiger partial charge is 0.439 e. The maximum Gasteiger partial charge on any atom is 0.417 e. The van der Waals surface area contributed by atoms with Crippen molar-refractivity contribution in [3.63, 3.8) is 0 Å². The lowest BCUT2D eigenvalue weighted by molar-refractivity contribution is -0.127. The molecule has 1 aliphatic heterocycles. The van der Waals surface area contributed by atoms with Crippen LogP contribution in [-0.2, 0) is 16.0 Å². The summed E-state index contributed by atoms with van der Waals surface area (Å²) in [7, 11) is 0. The fourth-order valence-corrected chi connectivity index (χ4v) is 2.08. The molecule has 4 nitrogen and oxygen atoms in total. The average Bonchev–Trinajstić information content (AvgIpc) is 2.70. The summed E-state index contributed by atoms with van der Waals surface area (Å²) in [5.74, 6) is -0.275. The smallest absolute Gasteiger partial charge is 0.417 e. The third-order valence-corrected chi connectivity index (χ3v) is 2.90. The van der Waals surface area contributed by atoms with Crippen LogP contribution in [0.1, 0.15) is 12.0 Å². The second-order valence-electron chi connectivity index (χ2n) is 4.19. The van der Waals surface area contributed by atoms with Gasteiger partial charge in [0.25, 0.3) is 5.91 Å². The van der Waals surface area contributed by atoms with E-state index in [1.54, 1.807) is 6.08 Å². The van der Waals surface area contributed by atoms with Crippen molar-refractivity contribution in [1.29, 1.82) is 0 Å². The summed E-state index contributed by atoms with van der Waals surface area (Å²) >= 11 is 0. The molecule has 0 unspecified atom stereocenters. The first-order valence-electron chi connectivity index (χ1n) is 5.86. The highest BCUT2D eigenvalue weighted by Crippen LogP contribution is 2.17. The molecule has 1 aromatic rings. The van der Waals surface area contributed by atoms with Gasteiger partial charge in [0, 0.05) is 0 Å². The Bertz CT molecular complexity index is 439. The van der Waals surface area contributed by atoms with E-state index in [4.69, 9.17) is 4.74 Å². The molecule has 1 aromatic carbocycles. The van der Waals surface area contributed by atoms with Gasteiger partial charge < -0.3 is 4.74 Å². The van der Waals surface area contributed by atoms with Crippen molar-refractivity contribution in [3.8, 4) is 0 Å². The number of amides is 2. The minimum Gasteiger partial charge on any atom is -0.439 e. The van der Waals surface area contributed by atoms with Gasteiger partial charge in [-0.1, -0.05) is 36.4 Å². The topological polar surface area (TPSA) is 46.6 Å². The molecule has 0 radical (unpaired) electrons. The Labute approximate surface area is 106 Å². The van der Waals surface area contributed by atoms with E-state index in [0.717, 1.165) is 5.56 Å². The van der Waals surface area contributed by atoms with E-state index < -0.39 is 6.09 Å². The van der Waals surface area contributed by atoms with E-state index in [9.17, 15) is 9.59 Å². The predicted molar refractivity (Wildman–Crippen MR) is 66.9 cm³/mol. The van der Waals surface area contributed by atoms with Crippen LogP contribution in [0.15, 0.2) is 43.0 Å². The first kappa shape index (κ1) is 12.4. The molecule has 0 aliphatic carbocycles. The number of rotatable bonds is 5. The van der Waals surface area contributed by atoms with Crippen molar-refractivity contribution in [3.05, 3.63) is 48.6 Å². The fraction of sp³-hybridized carbons (Fsp3) is 0.286. The molecule has 0 N–H and O–H groups in total. The van der Waals surface area contributed by atoms with Crippen LogP contribution < -0.4 is 0 Å². The minimum absolute atomic E-state index is 0.152. The van der Waals surface area contributed by atoms with Crippen LogP contribution in [0.4, 0.5) is 4.79 Å². The highest BCUT2D eigenvalue weighted by atomic mass is 16.6. The van der Waals surface area contributed by atoms with E-state index in [1.807, 2.05) is 30.3 Å². The first-order chi connectivity index (χ1) is 8.72. The average molecular weight is 245 g/mol. The lowest BCUT2D eigenvalue weighted by Gasteiger charge is -2.22. The second-order valence-corrected chi connectivity index (χ2v) is 4.19. The summed E-state index contributed by atoms with van der Waals surface area (Å²) in [6.45, 7) is 3.52. The van der Waals surface area contributed by atoms with E-state index in [0.29, 0.717) is 12.8 Å². The molecule has 1 heterocycles. The van der Waals surface area contributed by atoms with Gasteiger partial charge in [0.2, 0.25) is 0 Å². The Morgan fingerprint density at radius 3 is 2.61 bits per heavy atom. The quantitative estimate of drug-likeness (QED) is 0.747. The third kappa shape index (κ3) is 2.59. The highest BCUT2D eigenvalue weighted by molar-refractivity contribution is 5.98. The summed E-state index contributed by atoms with van der Waals surface area (Å²) in [5.41, 5.74) is 1.08. The Morgan fingerprint density at radius 1 is 1.33 bits per heavy atom. The number of cyclic esters (lactones) is 1. The zero-order valence-electron chi connectivity index (χ0n) is 10.0. The van der Waals surface area contributed by atoms with Crippen molar-refractivity contribution < 1.29 is 14.3 Å². The molecular formula is C14H15NO3. The second kappa shape index (κ2) is 5.49. The van der Waals surface area contributed by atoms with Gasteiger partial charge in [-0.3, -0.25) is 4.79 Å². The van der Waals surface area contributed by atoms with Gasteiger partial charge in [-0.25, -0.2) is 9.69 Å². The molecule has 4 heteroatoms. The minimum atomic E-state index is -0.553. The molecule has 94 valence electrons. The number of imide groups is 1. The molecule has 18 heavy (non-hydrogen) atoms. The molecular weight excluding hydrogens is 230 g/mol. The highest BCUT2D eigenvalue weighted by Gasteiger charge is 2.36. The first-order valence-corrected chi connectivity index (χ1v) is 5.86. The zero-order valence-corrected chi connectivity index (χ0v) is 10.0. The molecule has 2 rings (SSSR count). The third-order valence-electron chi connectivity index (χ3n) is 2.90. The Kier molecular flexibility index (Phi) is 3.77. The van der Waals surface area contributed by atoms with Crippen LogP contribution in [0.3, 0.4) is 0 Å². The Morgan fingerprint density at radius 2 is 2.06 bits per heavy atom. The molecule has 0 saturated carbocycles. The van der Waals surface area contributed by atoms with Crippen molar-refractivity contribution in [2.45, 2.75) is 18.9 Å². The molecule has 2 amide bonds. The van der Waals surface area contributed by atoms with E-state index in [2.05, 4.69) is 6.58 Å². The van der Waals surface area contributed by atoms with Crippen molar-refractivity contribution in [2.75, 3.05) is 6.61 Å². The van der Waals surface area contributed by atoms with Crippen LogP contribution in [0.2, 0.25) is 0 Å². The van der Waals surface area contributed by atoms with E-state index in [-0.39, 0.29) is 18.6 Å². The maximum absolute atomic E-state index is 11.6.